The van der Waals surface area contributed by atoms with E-state index < -0.39 is 0 Å². The van der Waals surface area contributed by atoms with E-state index in [2.05, 4.69) is 17.6 Å². The lowest BCUT2D eigenvalue weighted by Crippen LogP contribution is -2.72. The smallest absolute Gasteiger partial charge is 0.191 e. The number of fused-ring (bicyclic) bond motifs is 2. The van der Waals surface area contributed by atoms with Crippen molar-refractivity contribution in [3.05, 3.63) is 24.3 Å². The Morgan fingerprint density at radius 1 is 1.25 bits per heavy atom. The van der Waals surface area contributed by atoms with E-state index in [4.69, 9.17) is 19.2 Å². The molecule has 28 heavy (non-hydrogen) atoms. The molecule has 7 heteroatoms. The van der Waals surface area contributed by atoms with Crippen LogP contribution in [-0.2, 0) is 4.74 Å². The third kappa shape index (κ3) is 4.06. The Balaban J connectivity index is 0.00000225. The molecule has 0 bridgehead atoms. The van der Waals surface area contributed by atoms with Crippen LogP contribution >= 0.6 is 24.0 Å². The molecule has 156 valence electrons. The summed E-state index contributed by atoms with van der Waals surface area (Å²) in [7, 11) is 1.66. The Bertz CT molecular complexity index is 663. The van der Waals surface area contributed by atoms with E-state index in [0.717, 1.165) is 30.6 Å². The van der Waals surface area contributed by atoms with E-state index in [1.54, 1.807) is 7.11 Å². The van der Waals surface area contributed by atoms with Crippen molar-refractivity contribution in [2.75, 3.05) is 33.4 Å². The van der Waals surface area contributed by atoms with Crippen LogP contribution < -0.4 is 20.1 Å². The zero-order chi connectivity index (χ0) is 18.7. The number of hydrogen-bond donors (Lipinski definition) is 2. The maximum Gasteiger partial charge on any atom is 0.191 e. The molecule has 1 aromatic carbocycles. The maximum atomic E-state index is 6.02. The fraction of sp³-hybridized carbons (Fsp3) is 0.667. The monoisotopic (exact) mass is 501 g/mol. The summed E-state index contributed by atoms with van der Waals surface area (Å²) >= 11 is 0. The minimum absolute atomic E-state index is 0. The number of halogens is 1. The number of rotatable bonds is 7. The normalized spacial score (nSPS) is 27.1. The van der Waals surface area contributed by atoms with Crippen LogP contribution in [0.4, 0.5) is 0 Å². The van der Waals surface area contributed by atoms with Crippen molar-refractivity contribution < 1.29 is 14.2 Å². The Morgan fingerprint density at radius 2 is 2.00 bits per heavy atom. The molecule has 2 saturated carbocycles. The van der Waals surface area contributed by atoms with Crippen molar-refractivity contribution >= 4 is 29.9 Å². The van der Waals surface area contributed by atoms with Crippen LogP contribution in [0.1, 0.15) is 32.6 Å². The molecule has 1 spiro atoms. The van der Waals surface area contributed by atoms with Crippen molar-refractivity contribution in [2.45, 2.75) is 44.8 Å². The molecular formula is C21H32IN3O3. The average molecular weight is 501 g/mol. The van der Waals surface area contributed by atoms with Gasteiger partial charge in [-0.1, -0.05) is 6.42 Å². The summed E-state index contributed by atoms with van der Waals surface area (Å²) < 4.78 is 17.0. The molecule has 0 amide bonds. The lowest BCUT2D eigenvalue weighted by atomic mass is 9.46. The van der Waals surface area contributed by atoms with E-state index in [-0.39, 0.29) is 24.0 Å². The molecule has 0 aromatic heterocycles. The van der Waals surface area contributed by atoms with Crippen molar-refractivity contribution in [1.29, 1.82) is 0 Å². The first-order valence-corrected chi connectivity index (χ1v) is 10.2. The highest BCUT2D eigenvalue weighted by Gasteiger charge is 2.66. The number of aliphatic imine (C=N–C) groups is 1. The van der Waals surface area contributed by atoms with Crippen LogP contribution in [-0.4, -0.2) is 51.5 Å². The van der Waals surface area contributed by atoms with Gasteiger partial charge in [-0.15, -0.1) is 24.0 Å². The molecule has 1 aromatic rings. The molecule has 3 aliphatic rings. The third-order valence-corrected chi connectivity index (χ3v) is 6.36. The number of benzene rings is 1. The summed E-state index contributed by atoms with van der Waals surface area (Å²) in [6.07, 6.45) is 5.54. The lowest BCUT2D eigenvalue weighted by Gasteiger charge is -2.63. The summed E-state index contributed by atoms with van der Waals surface area (Å²) in [5.74, 6) is 3.21. The summed E-state index contributed by atoms with van der Waals surface area (Å²) in [4.78, 5) is 4.73. The fourth-order valence-electron chi connectivity index (χ4n) is 4.92. The van der Waals surface area contributed by atoms with Gasteiger partial charge in [0.25, 0.3) is 0 Å². The molecule has 2 aliphatic carbocycles. The molecule has 1 heterocycles. The zero-order valence-electron chi connectivity index (χ0n) is 16.8. The molecule has 2 N–H and O–H groups in total. The van der Waals surface area contributed by atoms with Gasteiger partial charge in [0.1, 0.15) is 18.1 Å². The van der Waals surface area contributed by atoms with Gasteiger partial charge in [-0.05, 0) is 50.5 Å². The van der Waals surface area contributed by atoms with Gasteiger partial charge in [0.2, 0.25) is 0 Å². The quantitative estimate of drug-likeness (QED) is 0.260. The summed E-state index contributed by atoms with van der Waals surface area (Å²) in [6, 6.07) is 8.14. The standard InChI is InChI=1S/C21H31N3O3.HI/c1-3-22-20(23-12-14-26-16-7-5-15(25-2)6-8-16)24-18-17-9-13-27-19(17)21(18)10-4-11-21;/h5-8,17-19H,3-4,9-14H2,1-2H3,(H2,22,23,24);1H. The van der Waals surface area contributed by atoms with Crippen LogP contribution in [0.15, 0.2) is 29.3 Å². The molecular weight excluding hydrogens is 469 g/mol. The number of hydrogen-bond acceptors (Lipinski definition) is 4. The third-order valence-electron chi connectivity index (χ3n) is 6.36. The molecule has 3 unspecified atom stereocenters. The molecule has 3 atom stereocenters. The first kappa shape index (κ1) is 21.5. The minimum atomic E-state index is 0. The van der Waals surface area contributed by atoms with Crippen LogP contribution in [0.3, 0.4) is 0 Å². The second-order valence-electron chi connectivity index (χ2n) is 7.74. The van der Waals surface area contributed by atoms with Crippen LogP contribution in [0.25, 0.3) is 0 Å². The second-order valence-corrected chi connectivity index (χ2v) is 7.74. The first-order chi connectivity index (χ1) is 13.3. The molecule has 0 radical (unpaired) electrons. The highest BCUT2D eigenvalue weighted by molar-refractivity contribution is 14.0. The number of guanidine groups is 1. The lowest BCUT2D eigenvalue weighted by molar-refractivity contribution is -0.171. The van der Waals surface area contributed by atoms with Crippen molar-refractivity contribution in [3.8, 4) is 11.5 Å². The minimum Gasteiger partial charge on any atom is -0.497 e. The molecule has 6 nitrogen and oxygen atoms in total. The molecule has 4 rings (SSSR count). The van der Waals surface area contributed by atoms with Gasteiger partial charge < -0.3 is 24.8 Å². The highest BCUT2D eigenvalue weighted by Crippen LogP contribution is 2.62. The Hall–Kier alpha value is -1.22. The van der Waals surface area contributed by atoms with E-state index in [1.165, 1.54) is 25.7 Å². The Labute approximate surface area is 184 Å². The van der Waals surface area contributed by atoms with Crippen LogP contribution in [0.2, 0.25) is 0 Å². The average Bonchev–Trinajstić information content (AvgIpc) is 3.07. The summed E-state index contributed by atoms with van der Waals surface area (Å²) in [5.41, 5.74) is 0.358. The Morgan fingerprint density at radius 3 is 2.64 bits per heavy atom. The molecule has 1 aliphatic heterocycles. The van der Waals surface area contributed by atoms with Crippen LogP contribution in [0.5, 0.6) is 11.5 Å². The van der Waals surface area contributed by atoms with Crippen molar-refractivity contribution in [1.82, 2.24) is 10.6 Å². The SMILES string of the molecule is CCNC(=NCCOc1ccc(OC)cc1)NC1C2CCOC2C12CCC2.I. The summed E-state index contributed by atoms with van der Waals surface area (Å²) in [5, 5.41) is 7.11. The van der Waals surface area contributed by atoms with Crippen molar-refractivity contribution in [3.63, 3.8) is 0 Å². The Kier molecular flexibility index (Phi) is 7.31. The van der Waals surface area contributed by atoms with Gasteiger partial charge in [-0.3, -0.25) is 0 Å². The van der Waals surface area contributed by atoms with Gasteiger partial charge in [-0.2, -0.15) is 0 Å². The maximum absolute atomic E-state index is 6.02. The second kappa shape index (κ2) is 9.52. The zero-order valence-corrected chi connectivity index (χ0v) is 19.1. The highest BCUT2D eigenvalue weighted by atomic mass is 127. The number of methoxy groups -OCH3 is 1. The van der Waals surface area contributed by atoms with Gasteiger partial charge in [0.15, 0.2) is 5.96 Å². The van der Waals surface area contributed by atoms with E-state index >= 15 is 0 Å². The van der Waals surface area contributed by atoms with E-state index in [0.29, 0.717) is 36.6 Å². The van der Waals surface area contributed by atoms with Gasteiger partial charge in [0, 0.05) is 30.5 Å². The number of nitrogens with one attached hydrogen (secondary N) is 2. The van der Waals surface area contributed by atoms with Crippen molar-refractivity contribution in [2.24, 2.45) is 16.3 Å². The summed E-state index contributed by atoms with van der Waals surface area (Å²) in [6.45, 7) is 5.04. The topological polar surface area (TPSA) is 64.1 Å². The molecule has 3 fully saturated rings. The largest absolute Gasteiger partial charge is 0.497 e. The molecule has 1 saturated heterocycles. The van der Waals surface area contributed by atoms with E-state index in [9.17, 15) is 0 Å². The number of ether oxygens (including phenoxy) is 3. The predicted octanol–water partition coefficient (Wildman–Crippen LogP) is 3.20. The fourth-order valence-corrected chi connectivity index (χ4v) is 4.92. The van der Waals surface area contributed by atoms with Gasteiger partial charge in [-0.25, -0.2) is 4.99 Å². The number of nitrogens with zero attached hydrogens (tertiary/aromatic N) is 1. The van der Waals surface area contributed by atoms with Gasteiger partial charge >= 0.3 is 0 Å². The van der Waals surface area contributed by atoms with Crippen LogP contribution in [0, 0.1) is 11.3 Å². The predicted molar refractivity (Wildman–Crippen MR) is 121 cm³/mol. The van der Waals surface area contributed by atoms with Gasteiger partial charge in [0.05, 0.1) is 19.8 Å². The van der Waals surface area contributed by atoms with E-state index in [1.807, 2.05) is 24.3 Å². The first-order valence-electron chi connectivity index (χ1n) is 10.2.